The Bertz CT molecular complexity index is 744. The van der Waals surface area contributed by atoms with Crippen molar-refractivity contribution >= 4 is 29.1 Å². The second-order valence-electron chi connectivity index (χ2n) is 4.35. The molecule has 7 heteroatoms. The van der Waals surface area contributed by atoms with Gasteiger partial charge in [0.05, 0.1) is 5.69 Å². The zero-order valence-electron chi connectivity index (χ0n) is 11.0. The van der Waals surface area contributed by atoms with E-state index >= 15 is 0 Å². The van der Waals surface area contributed by atoms with Gasteiger partial charge in [0.15, 0.2) is 0 Å². The maximum absolute atomic E-state index is 6.17. The van der Waals surface area contributed by atoms with E-state index in [1.54, 1.807) is 10.7 Å². The van der Waals surface area contributed by atoms with Crippen molar-refractivity contribution in [3.05, 3.63) is 59.1 Å². The van der Waals surface area contributed by atoms with Gasteiger partial charge in [0.25, 0.3) is 0 Å². The zero-order valence-corrected chi connectivity index (χ0v) is 12.6. The molecule has 3 rings (SSSR count). The summed E-state index contributed by atoms with van der Waals surface area (Å²) in [5.74, 6) is 0.673. The number of benzene rings is 2. The van der Waals surface area contributed by atoms with Gasteiger partial charge in [0.2, 0.25) is 5.16 Å². The average molecular weight is 318 g/mol. The summed E-state index contributed by atoms with van der Waals surface area (Å²) in [5.41, 5.74) is 8.27. The van der Waals surface area contributed by atoms with Gasteiger partial charge in [-0.3, -0.25) is 0 Å². The maximum atomic E-state index is 6.17. The molecule has 0 bridgehead atoms. The van der Waals surface area contributed by atoms with Crippen molar-refractivity contribution in [2.75, 3.05) is 5.73 Å². The van der Waals surface area contributed by atoms with Crippen molar-refractivity contribution in [1.82, 2.24) is 20.2 Å². The van der Waals surface area contributed by atoms with Crippen LogP contribution in [-0.4, -0.2) is 20.2 Å². The van der Waals surface area contributed by atoms with Crippen molar-refractivity contribution in [3.63, 3.8) is 0 Å². The number of rotatable bonds is 4. The van der Waals surface area contributed by atoms with Crippen molar-refractivity contribution in [2.45, 2.75) is 10.9 Å². The fraction of sp³-hybridized carbons (Fsp3) is 0.0714. The van der Waals surface area contributed by atoms with Crippen LogP contribution in [0.15, 0.2) is 53.7 Å². The number of nitrogens with zero attached hydrogens (tertiary/aromatic N) is 4. The van der Waals surface area contributed by atoms with Gasteiger partial charge in [-0.2, -0.15) is 4.68 Å². The number of nitrogen functional groups attached to an aromatic ring is 1. The van der Waals surface area contributed by atoms with Crippen LogP contribution in [0.2, 0.25) is 5.02 Å². The van der Waals surface area contributed by atoms with Gasteiger partial charge in [-0.25, -0.2) is 0 Å². The molecule has 2 aromatic carbocycles. The summed E-state index contributed by atoms with van der Waals surface area (Å²) in [6.45, 7) is 0. The van der Waals surface area contributed by atoms with E-state index in [0.717, 1.165) is 11.3 Å². The third kappa shape index (κ3) is 3.17. The number of anilines is 1. The van der Waals surface area contributed by atoms with Crippen LogP contribution in [0, 0.1) is 0 Å². The Morgan fingerprint density at radius 2 is 1.95 bits per heavy atom. The molecule has 21 heavy (non-hydrogen) atoms. The van der Waals surface area contributed by atoms with Crippen LogP contribution in [0.25, 0.3) is 5.69 Å². The predicted octanol–water partition coefficient (Wildman–Crippen LogP) is 3.19. The number of thioether (sulfide) groups is 1. The molecular weight excluding hydrogens is 306 g/mol. The van der Waals surface area contributed by atoms with Gasteiger partial charge >= 0.3 is 0 Å². The van der Waals surface area contributed by atoms with Crippen LogP contribution in [-0.2, 0) is 5.75 Å². The van der Waals surface area contributed by atoms with E-state index in [4.69, 9.17) is 17.3 Å². The van der Waals surface area contributed by atoms with E-state index in [-0.39, 0.29) is 0 Å². The van der Waals surface area contributed by atoms with Crippen LogP contribution in [0.3, 0.4) is 0 Å². The fourth-order valence-corrected chi connectivity index (χ4v) is 3.05. The molecule has 5 nitrogen and oxygen atoms in total. The second-order valence-corrected chi connectivity index (χ2v) is 5.70. The van der Waals surface area contributed by atoms with Gasteiger partial charge in [-0.1, -0.05) is 47.6 Å². The highest BCUT2D eigenvalue weighted by Crippen LogP contribution is 2.27. The van der Waals surface area contributed by atoms with E-state index in [9.17, 15) is 0 Å². The first-order valence-corrected chi connectivity index (χ1v) is 7.61. The summed E-state index contributed by atoms with van der Waals surface area (Å²) in [7, 11) is 0. The molecule has 0 aliphatic carbocycles. The summed E-state index contributed by atoms with van der Waals surface area (Å²) >= 11 is 7.70. The average Bonchev–Trinajstić information content (AvgIpc) is 2.96. The third-order valence-corrected chi connectivity index (χ3v) is 4.20. The molecule has 0 saturated carbocycles. The molecule has 0 amide bonds. The number of nitrogens with two attached hydrogens (primary N) is 1. The maximum Gasteiger partial charge on any atom is 0.214 e. The Morgan fingerprint density at radius 1 is 1.14 bits per heavy atom. The minimum absolute atomic E-state index is 0.654. The standard InChI is InChI=1S/C14H12ClN5S/c15-13-8-11(16)7-6-10(13)9-21-14-17-18-19-20(14)12-4-2-1-3-5-12/h1-8H,9,16H2. The zero-order chi connectivity index (χ0) is 14.7. The van der Waals surface area contributed by atoms with Crippen molar-refractivity contribution in [3.8, 4) is 5.69 Å². The van der Waals surface area contributed by atoms with Crippen LogP contribution in [0.5, 0.6) is 0 Å². The Labute approximate surface area is 131 Å². The van der Waals surface area contributed by atoms with Crippen molar-refractivity contribution in [2.24, 2.45) is 0 Å². The Morgan fingerprint density at radius 3 is 2.71 bits per heavy atom. The number of hydrogen-bond donors (Lipinski definition) is 1. The Hall–Kier alpha value is -2.05. The first-order chi connectivity index (χ1) is 10.2. The molecule has 1 heterocycles. The first-order valence-electron chi connectivity index (χ1n) is 6.24. The number of tetrazole rings is 1. The van der Waals surface area contributed by atoms with Crippen LogP contribution in [0.1, 0.15) is 5.56 Å². The van der Waals surface area contributed by atoms with Gasteiger partial charge in [0.1, 0.15) is 0 Å². The summed E-state index contributed by atoms with van der Waals surface area (Å²) in [5, 5.41) is 13.2. The third-order valence-electron chi connectivity index (χ3n) is 2.88. The fourth-order valence-electron chi connectivity index (χ4n) is 1.82. The van der Waals surface area contributed by atoms with Crippen LogP contribution < -0.4 is 5.73 Å². The molecule has 0 radical (unpaired) electrons. The SMILES string of the molecule is Nc1ccc(CSc2nnnn2-c2ccccc2)c(Cl)c1. The molecule has 0 fully saturated rings. The van der Waals surface area contributed by atoms with Crippen LogP contribution in [0.4, 0.5) is 5.69 Å². The summed E-state index contributed by atoms with van der Waals surface area (Å²) in [4.78, 5) is 0. The lowest BCUT2D eigenvalue weighted by molar-refractivity contribution is 0.756. The topological polar surface area (TPSA) is 69.6 Å². The van der Waals surface area contributed by atoms with Gasteiger partial charge < -0.3 is 5.73 Å². The quantitative estimate of drug-likeness (QED) is 0.591. The lowest BCUT2D eigenvalue weighted by Crippen LogP contribution is -1.98. The second kappa shape index (κ2) is 6.15. The predicted molar refractivity (Wildman–Crippen MR) is 84.6 cm³/mol. The largest absolute Gasteiger partial charge is 0.399 e. The molecule has 0 aliphatic heterocycles. The molecule has 0 spiro atoms. The van der Waals surface area contributed by atoms with Gasteiger partial charge in [-0.15, -0.1) is 5.10 Å². The molecule has 1 aromatic heterocycles. The Kier molecular flexibility index (Phi) is 4.08. The molecular formula is C14H12ClN5S. The molecule has 2 N–H and O–H groups in total. The summed E-state index contributed by atoms with van der Waals surface area (Å²) in [6.07, 6.45) is 0. The molecule has 106 valence electrons. The molecule has 0 aliphatic rings. The summed E-state index contributed by atoms with van der Waals surface area (Å²) in [6, 6.07) is 15.3. The lowest BCUT2D eigenvalue weighted by Gasteiger charge is -2.06. The minimum Gasteiger partial charge on any atom is -0.399 e. The van der Waals surface area contributed by atoms with E-state index in [1.165, 1.54) is 11.8 Å². The van der Waals surface area contributed by atoms with Crippen molar-refractivity contribution in [1.29, 1.82) is 0 Å². The highest BCUT2D eigenvalue weighted by molar-refractivity contribution is 7.98. The van der Waals surface area contributed by atoms with Crippen molar-refractivity contribution < 1.29 is 0 Å². The highest BCUT2D eigenvalue weighted by atomic mass is 35.5. The molecule has 0 unspecified atom stereocenters. The number of halogens is 1. The Balaban J connectivity index is 1.79. The minimum atomic E-state index is 0.654. The van der Waals surface area contributed by atoms with E-state index in [1.807, 2.05) is 42.5 Å². The molecule has 0 atom stereocenters. The molecule has 0 saturated heterocycles. The number of aromatic nitrogens is 4. The lowest BCUT2D eigenvalue weighted by atomic mass is 10.2. The van der Waals surface area contributed by atoms with Gasteiger partial charge in [0, 0.05) is 16.5 Å². The van der Waals surface area contributed by atoms with E-state index < -0.39 is 0 Å². The van der Waals surface area contributed by atoms with E-state index in [2.05, 4.69) is 15.5 Å². The monoisotopic (exact) mass is 317 g/mol. The van der Waals surface area contributed by atoms with Crippen LogP contribution >= 0.6 is 23.4 Å². The molecule has 3 aromatic rings. The smallest absolute Gasteiger partial charge is 0.214 e. The number of para-hydroxylation sites is 1. The first kappa shape index (κ1) is 13.9. The normalized spacial score (nSPS) is 10.7. The highest BCUT2D eigenvalue weighted by Gasteiger charge is 2.10. The summed E-state index contributed by atoms with van der Waals surface area (Å²) < 4.78 is 1.70. The van der Waals surface area contributed by atoms with Gasteiger partial charge in [-0.05, 0) is 40.3 Å². The number of hydrogen-bond acceptors (Lipinski definition) is 5. The van der Waals surface area contributed by atoms with E-state index in [0.29, 0.717) is 21.6 Å².